The Morgan fingerprint density at radius 1 is 1.28 bits per heavy atom. The maximum atomic E-state index is 10.9. The van der Waals surface area contributed by atoms with E-state index < -0.39 is 36.4 Å². The normalized spacial score (nSPS) is 30.5. The van der Waals surface area contributed by atoms with Crippen LogP contribution in [0.3, 0.4) is 0 Å². The van der Waals surface area contributed by atoms with Gasteiger partial charge in [-0.05, 0) is 44.4 Å². The predicted octanol–water partition coefficient (Wildman–Crippen LogP) is 3.32. The lowest BCUT2D eigenvalue weighted by Gasteiger charge is -2.43. The smallest absolute Gasteiger partial charge is 0.325 e. The quantitative estimate of drug-likeness (QED) is 0.609. The van der Waals surface area contributed by atoms with Crippen molar-refractivity contribution < 1.29 is 23.4 Å². The zero-order valence-electron chi connectivity index (χ0n) is 19.3. The van der Waals surface area contributed by atoms with Crippen molar-refractivity contribution in [2.24, 2.45) is 5.41 Å². The molecule has 2 fully saturated rings. The summed E-state index contributed by atoms with van der Waals surface area (Å²) in [6, 6.07) is 0. The molecule has 32 heavy (non-hydrogen) atoms. The van der Waals surface area contributed by atoms with E-state index in [4.69, 9.17) is 36.1 Å². The van der Waals surface area contributed by atoms with Crippen LogP contribution in [0.4, 0.5) is 5.82 Å². The lowest BCUT2D eigenvalue weighted by Crippen LogP contribution is -2.51. The minimum atomic E-state index is -3.58. The second-order valence-corrected chi connectivity index (χ2v) is 13.4. The third kappa shape index (κ3) is 4.70. The van der Waals surface area contributed by atoms with Crippen LogP contribution in [0.15, 0.2) is 12.7 Å². The Kier molecular flexibility index (Phi) is 5.94. The number of anilines is 1. The van der Waals surface area contributed by atoms with Crippen LogP contribution in [0, 0.1) is 5.41 Å². The van der Waals surface area contributed by atoms with E-state index in [0.29, 0.717) is 30.6 Å². The lowest BCUT2D eigenvalue weighted by molar-refractivity contribution is -0.134. The van der Waals surface area contributed by atoms with Gasteiger partial charge in [0.15, 0.2) is 17.7 Å². The Morgan fingerprint density at radius 3 is 2.66 bits per heavy atom. The van der Waals surface area contributed by atoms with Gasteiger partial charge in [0, 0.05) is 6.42 Å². The van der Waals surface area contributed by atoms with Gasteiger partial charge in [0.05, 0.1) is 18.5 Å². The minimum Gasteiger partial charge on any atom is -0.382 e. The fourth-order valence-electron chi connectivity index (χ4n) is 4.63. The largest absolute Gasteiger partial charge is 0.382 e. The van der Waals surface area contributed by atoms with E-state index in [1.54, 1.807) is 10.9 Å². The standard InChI is InChI=1S/C20H32N5O5PS/c1-18(2,3)9-20-7-8-27-13(14(20)29-31(26,32)30-19(4,5)6)17(28-20)25-11-24-12-15(21)22-10-23-16(12)25/h10-11,13-14,17H,7-9H2,1-6H3,(H,26,32)(H2,21,22,23)/t13-,14?,17+,20+,31?/m0/s1. The summed E-state index contributed by atoms with van der Waals surface area (Å²) < 4.78 is 26.5. The van der Waals surface area contributed by atoms with E-state index in [1.807, 2.05) is 20.8 Å². The van der Waals surface area contributed by atoms with E-state index in [9.17, 15) is 4.89 Å². The lowest BCUT2D eigenvalue weighted by atomic mass is 9.76. The van der Waals surface area contributed by atoms with Crippen molar-refractivity contribution in [1.29, 1.82) is 0 Å². The van der Waals surface area contributed by atoms with Gasteiger partial charge in [-0.2, -0.15) is 0 Å². The van der Waals surface area contributed by atoms with Gasteiger partial charge in [-0.25, -0.2) is 15.0 Å². The van der Waals surface area contributed by atoms with Crippen molar-refractivity contribution in [3.63, 3.8) is 0 Å². The SMILES string of the molecule is CC(C)(C)C[C@]12CCO[C@@H](C1OP(O)(=S)OC(C)(C)C)[C@H](n1cnc3c(N)ncnc31)O2. The van der Waals surface area contributed by atoms with Crippen LogP contribution < -0.4 is 5.73 Å². The first-order valence-corrected chi connectivity index (χ1v) is 13.2. The number of ether oxygens (including phenoxy) is 2. The van der Waals surface area contributed by atoms with Gasteiger partial charge >= 0.3 is 6.72 Å². The molecule has 4 heterocycles. The maximum absolute atomic E-state index is 10.9. The first-order chi connectivity index (χ1) is 14.7. The number of nitrogens with two attached hydrogens (primary N) is 1. The summed E-state index contributed by atoms with van der Waals surface area (Å²) in [6.07, 6.45) is 2.52. The topological polar surface area (TPSA) is 127 Å². The minimum absolute atomic E-state index is 0.0785. The molecule has 0 spiro atoms. The molecule has 2 saturated heterocycles. The monoisotopic (exact) mass is 485 g/mol. The first kappa shape index (κ1) is 23.9. The Morgan fingerprint density at radius 2 is 2.00 bits per heavy atom. The number of hydrogen-bond donors (Lipinski definition) is 2. The van der Waals surface area contributed by atoms with Crippen molar-refractivity contribution in [1.82, 2.24) is 19.5 Å². The van der Waals surface area contributed by atoms with Gasteiger partial charge in [-0.3, -0.25) is 9.09 Å². The highest BCUT2D eigenvalue weighted by molar-refractivity contribution is 8.07. The van der Waals surface area contributed by atoms with Gasteiger partial charge in [-0.15, -0.1) is 0 Å². The van der Waals surface area contributed by atoms with Crippen LogP contribution in [0.5, 0.6) is 0 Å². The van der Waals surface area contributed by atoms with Gasteiger partial charge in [0.2, 0.25) is 0 Å². The number of nitrogen functional groups attached to an aromatic ring is 1. The number of fused-ring (bicyclic) bond motifs is 3. The highest BCUT2D eigenvalue weighted by Gasteiger charge is 2.62. The molecule has 10 nitrogen and oxygen atoms in total. The van der Waals surface area contributed by atoms with E-state index in [-0.39, 0.29) is 11.2 Å². The van der Waals surface area contributed by atoms with E-state index in [0.717, 1.165) is 0 Å². The Hall–Kier alpha value is -1.20. The number of imidazole rings is 1. The van der Waals surface area contributed by atoms with Crippen molar-refractivity contribution in [2.75, 3.05) is 12.3 Å². The first-order valence-electron chi connectivity index (χ1n) is 10.6. The zero-order chi connectivity index (χ0) is 23.5. The summed E-state index contributed by atoms with van der Waals surface area (Å²) in [6.45, 7) is 8.81. The molecular weight excluding hydrogens is 453 g/mol. The van der Waals surface area contributed by atoms with Gasteiger partial charge in [-0.1, -0.05) is 20.8 Å². The molecule has 0 radical (unpaired) electrons. The molecule has 0 aliphatic carbocycles. The summed E-state index contributed by atoms with van der Waals surface area (Å²) in [4.78, 5) is 23.6. The molecule has 0 aromatic carbocycles. The molecule has 2 bridgehead atoms. The van der Waals surface area contributed by atoms with Crippen LogP contribution >= 0.6 is 6.72 Å². The molecule has 12 heteroatoms. The molecule has 4 rings (SSSR count). The van der Waals surface area contributed by atoms with Crippen LogP contribution in [0.25, 0.3) is 11.2 Å². The maximum Gasteiger partial charge on any atom is 0.325 e. The second kappa shape index (κ2) is 7.94. The number of rotatable bonds is 5. The summed E-state index contributed by atoms with van der Waals surface area (Å²) in [5, 5.41) is 0. The van der Waals surface area contributed by atoms with Gasteiger partial charge < -0.3 is 24.6 Å². The van der Waals surface area contributed by atoms with Crippen molar-refractivity contribution >= 4 is 35.5 Å². The third-order valence-electron chi connectivity index (χ3n) is 5.42. The Labute approximate surface area is 193 Å². The van der Waals surface area contributed by atoms with Crippen LogP contribution in [0.2, 0.25) is 0 Å². The zero-order valence-corrected chi connectivity index (χ0v) is 21.0. The Bertz CT molecular complexity index is 1050. The van der Waals surface area contributed by atoms with Gasteiger partial charge in [0.1, 0.15) is 29.7 Å². The Balaban J connectivity index is 1.75. The molecule has 0 amide bonds. The van der Waals surface area contributed by atoms with Crippen LogP contribution in [-0.4, -0.2) is 54.4 Å². The fourth-order valence-corrected chi connectivity index (χ4v) is 6.91. The molecular formula is C20H32N5O5PS. The van der Waals surface area contributed by atoms with Crippen molar-refractivity contribution in [2.45, 2.75) is 84.0 Å². The number of nitrogens with zero attached hydrogens (tertiary/aromatic N) is 4. The average Bonchev–Trinajstić information content (AvgIpc) is 3.07. The van der Waals surface area contributed by atoms with Crippen molar-refractivity contribution in [3.05, 3.63) is 12.7 Å². The number of hydrogen-bond acceptors (Lipinski definition) is 9. The summed E-state index contributed by atoms with van der Waals surface area (Å²) in [5.41, 5.74) is 5.53. The summed E-state index contributed by atoms with van der Waals surface area (Å²) in [5.74, 6) is 0.289. The third-order valence-corrected chi connectivity index (χ3v) is 7.17. The molecule has 2 aliphatic heterocycles. The van der Waals surface area contributed by atoms with E-state index in [1.165, 1.54) is 6.33 Å². The summed E-state index contributed by atoms with van der Waals surface area (Å²) in [7, 11) is 0. The fraction of sp³-hybridized carbons (Fsp3) is 0.750. The molecule has 3 N–H and O–H groups in total. The predicted molar refractivity (Wildman–Crippen MR) is 123 cm³/mol. The molecule has 2 aromatic rings. The molecule has 5 atom stereocenters. The van der Waals surface area contributed by atoms with Crippen LogP contribution in [-0.2, 0) is 30.3 Å². The summed E-state index contributed by atoms with van der Waals surface area (Å²) >= 11 is 5.38. The molecule has 0 saturated carbocycles. The van der Waals surface area contributed by atoms with Crippen molar-refractivity contribution in [3.8, 4) is 0 Å². The van der Waals surface area contributed by atoms with Gasteiger partial charge in [0.25, 0.3) is 0 Å². The van der Waals surface area contributed by atoms with Crippen LogP contribution in [0.1, 0.15) is 60.6 Å². The second-order valence-electron chi connectivity index (χ2n) is 10.7. The highest BCUT2D eigenvalue weighted by Crippen LogP contribution is 2.58. The molecule has 178 valence electrons. The highest BCUT2D eigenvalue weighted by atomic mass is 32.5. The van der Waals surface area contributed by atoms with E-state index >= 15 is 0 Å². The molecule has 2 aromatic heterocycles. The number of aromatic nitrogens is 4. The molecule has 2 aliphatic rings. The average molecular weight is 486 g/mol. The molecule has 2 unspecified atom stereocenters. The van der Waals surface area contributed by atoms with E-state index in [2.05, 4.69) is 35.7 Å².